The summed E-state index contributed by atoms with van der Waals surface area (Å²) in [5.41, 5.74) is 0.842. The van der Waals surface area contributed by atoms with Crippen molar-refractivity contribution in [3.63, 3.8) is 0 Å². The summed E-state index contributed by atoms with van der Waals surface area (Å²) in [4.78, 5) is 17.7. The van der Waals surface area contributed by atoms with E-state index in [1.165, 1.54) is 11.3 Å². The highest BCUT2D eigenvalue weighted by Crippen LogP contribution is 2.19. The lowest BCUT2D eigenvalue weighted by atomic mass is 10.3. The standard InChI is InChI=1S/C9H14N2O2S/c1-6-7(4-9(12)13)14-8(10-6)5-11(2)3/h4-5H2,1-3H3,(H,12,13). The average Bonchev–Trinajstić information content (AvgIpc) is 2.28. The van der Waals surface area contributed by atoms with Crippen LogP contribution in [0.1, 0.15) is 15.6 Å². The van der Waals surface area contributed by atoms with Gasteiger partial charge in [0.05, 0.1) is 12.1 Å². The van der Waals surface area contributed by atoms with Crippen LogP contribution < -0.4 is 0 Å². The fraction of sp³-hybridized carbons (Fsp3) is 0.556. The van der Waals surface area contributed by atoms with Gasteiger partial charge in [0.2, 0.25) is 0 Å². The highest BCUT2D eigenvalue weighted by atomic mass is 32.1. The van der Waals surface area contributed by atoms with Gasteiger partial charge in [0.25, 0.3) is 0 Å². The minimum atomic E-state index is -0.798. The van der Waals surface area contributed by atoms with Crippen LogP contribution in [0.5, 0.6) is 0 Å². The van der Waals surface area contributed by atoms with Gasteiger partial charge in [0, 0.05) is 11.4 Å². The topological polar surface area (TPSA) is 53.4 Å². The second-order valence-electron chi connectivity index (χ2n) is 3.42. The van der Waals surface area contributed by atoms with Crippen LogP contribution in [0.3, 0.4) is 0 Å². The van der Waals surface area contributed by atoms with Crippen molar-refractivity contribution in [2.24, 2.45) is 0 Å². The number of hydrogen-bond donors (Lipinski definition) is 1. The van der Waals surface area contributed by atoms with Gasteiger partial charge in [0.1, 0.15) is 5.01 Å². The van der Waals surface area contributed by atoms with E-state index in [0.29, 0.717) is 0 Å². The van der Waals surface area contributed by atoms with E-state index in [-0.39, 0.29) is 6.42 Å². The molecule has 1 aromatic rings. The van der Waals surface area contributed by atoms with Gasteiger partial charge in [0.15, 0.2) is 0 Å². The monoisotopic (exact) mass is 214 g/mol. The number of aryl methyl sites for hydroxylation is 1. The summed E-state index contributed by atoms with van der Waals surface area (Å²) < 4.78 is 0. The number of rotatable bonds is 4. The van der Waals surface area contributed by atoms with E-state index >= 15 is 0 Å². The molecule has 4 nitrogen and oxygen atoms in total. The highest BCUT2D eigenvalue weighted by Gasteiger charge is 2.10. The Morgan fingerprint density at radius 3 is 2.71 bits per heavy atom. The van der Waals surface area contributed by atoms with Crippen molar-refractivity contribution < 1.29 is 9.90 Å². The molecule has 0 saturated heterocycles. The molecule has 1 heterocycles. The number of thiazole rings is 1. The molecule has 1 N–H and O–H groups in total. The van der Waals surface area contributed by atoms with Crippen LogP contribution in [-0.2, 0) is 17.8 Å². The van der Waals surface area contributed by atoms with E-state index in [2.05, 4.69) is 4.98 Å². The molecule has 0 aromatic carbocycles. The quantitative estimate of drug-likeness (QED) is 0.816. The SMILES string of the molecule is Cc1nc(CN(C)C)sc1CC(=O)O. The predicted octanol–water partition coefficient (Wildman–Crippen LogP) is 1.14. The lowest BCUT2D eigenvalue weighted by molar-refractivity contribution is -0.136. The van der Waals surface area contributed by atoms with Crippen molar-refractivity contribution in [3.8, 4) is 0 Å². The molecule has 0 unspecified atom stereocenters. The molecule has 0 fully saturated rings. The van der Waals surface area contributed by atoms with Gasteiger partial charge >= 0.3 is 5.97 Å². The Labute approximate surface area is 87.2 Å². The smallest absolute Gasteiger partial charge is 0.308 e. The van der Waals surface area contributed by atoms with E-state index < -0.39 is 5.97 Å². The first kappa shape index (κ1) is 11.1. The number of aromatic nitrogens is 1. The normalized spacial score (nSPS) is 10.9. The summed E-state index contributed by atoms with van der Waals surface area (Å²) in [5, 5.41) is 9.63. The molecule has 78 valence electrons. The van der Waals surface area contributed by atoms with Crippen molar-refractivity contribution in [3.05, 3.63) is 15.6 Å². The van der Waals surface area contributed by atoms with E-state index in [0.717, 1.165) is 22.1 Å². The molecule has 0 aliphatic carbocycles. The Bertz CT molecular complexity index is 334. The van der Waals surface area contributed by atoms with Crippen LogP contribution in [0.15, 0.2) is 0 Å². The number of hydrogen-bond acceptors (Lipinski definition) is 4. The molecule has 0 aliphatic rings. The molecule has 0 radical (unpaired) electrons. The summed E-state index contributed by atoms with van der Waals surface area (Å²) in [6.45, 7) is 2.62. The van der Waals surface area contributed by atoms with E-state index in [1.54, 1.807) is 0 Å². The van der Waals surface area contributed by atoms with Crippen molar-refractivity contribution in [2.45, 2.75) is 19.9 Å². The maximum Gasteiger partial charge on any atom is 0.308 e. The number of nitrogens with zero attached hydrogens (tertiary/aromatic N) is 2. The maximum atomic E-state index is 10.5. The zero-order chi connectivity index (χ0) is 10.7. The number of aliphatic carboxylic acids is 1. The van der Waals surface area contributed by atoms with Crippen molar-refractivity contribution in [2.75, 3.05) is 14.1 Å². The maximum absolute atomic E-state index is 10.5. The Hall–Kier alpha value is -0.940. The highest BCUT2D eigenvalue weighted by molar-refractivity contribution is 7.11. The summed E-state index contributed by atoms with van der Waals surface area (Å²) in [5.74, 6) is -0.798. The van der Waals surface area contributed by atoms with Crippen molar-refractivity contribution in [1.82, 2.24) is 9.88 Å². The fourth-order valence-corrected chi connectivity index (χ4v) is 2.31. The number of carboxylic acids is 1. The molecule has 0 aliphatic heterocycles. The molecular formula is C9H14N2O2S. The van der Waals surface area contributed by atoms with E-state index in [4.69, 9.17) is 5.11 Å². The fourth-order valence-electron chi connectivity index (χ4n) is 1.13. The molecule has 0 saturated carbocycles. The molecule has 1 aromatic heterocycles. The molecule has 0 bridgehead atoms. The van der Waals surface area contributed by atoms with Crippen LogP contribution in [0.25, 0.3) is 0 Å². The van der Waals surface area contributed by atoms with Crippen LogP contribution in [0.2, 0.25) is 0 Å². The molecule has 0 atom stereocenters. The summed E-state index contributed by atoms with van der Waals surface area (Å²) in [6.07, 6.45) is 0.0803. The van der Waals surface area contributed by atoms with Gasteiger partial charge in [-0.3, -0.25) is 4.79 Å². The first-order valence-electron chi connectivity index (χ1n) is 4.30. The van der Waals surface area contributed by atoms with Crippen molar-refractivity contribution >= 4 is 17.3 Å². The van der Waals surface area contributed by atoms with Crippen molar-refractivity contribution in [1.29, 1.82) is 0 Å². The lowest BCUT2D eigenvalue weighted by Crippen LogP contribution is -2.10. The Morgan fingerprint density at radius 2 is 2.21 bits per heavy atom. The molecule has 1 rings (SSSR count). The predicted molar refractivity (Wildman–Crippen MR) is 55.6 cm³/mol. The Morgan fingerprint density at radius 1 is 1.57 bits per heavy atom. The summed E-state index contributed by atoms with van der Waals surface area (Å²) in [7, 11) is 3.93. The van der Waals surface area contributed by atoms with E-state index in [9.17, 15) is 4.79 Å². The van der Waals surface area contributed by atoms with Crippen LogP contribution >= 0.6 is 11.3 Å². The number of carboxylic acid groups (broad SMARTS) is 1. The third kappa shape index (κ3) is 3.08. The van der Waals surface area contributed by atoms with Gasteiger partial charge in [-0.1, -0.05) is 0 Å². The van der Waals surface area contributed by atoms with Crippen LogP contribution in [0, 0.1) is 6.92 Å². The van der Waals surface area contributed by atoms with Crippen LogP contribution in [-0.4, -0.2) is 35.1 Å². The average molecular weight is 214 g/mol. The molecular weight excluding hydrogens is 200 g/mol. The minimum Gasteiger partial charge on any atom is -0.481 e. The van der Waals surface area contributed by atoms with Gasteiger partial charge in [-0.25, -0.2) is 4.98 Å². The molecule has 14 heavy (non-hydrogen) atoms. The summed E-state index contributed by atoms with van der Waals surface area (Å²) >= 11 is 1.48. The van der Waals surface area contributed by atoms with Gasteiger partial charge in [-0.05, 0) is 21.0 Å². The molecule has 0 spiro atoms. The second kappa shape index (κ2) is 4.52. The van der Waals surface area contributed by atoms with Gasteiger partial charge < -0.3 is 10.0 Å². The van der Waals surface area contributed by atoms with Gasteiger partial charge in [-0.2, -0.15) is 0 Å². The third-order valence-corrected chi connectivity index (χ3v) is 2.84. The lowest BCUT2D eigenvalue weighted by Gasteiger charge is -2.04. The Kier molecular flexibility index (Phi) is 3.60. The first-order chi connectivity index (χ1) is 6.49. The zero-order valence-electron chi connectivity index (χ0n) is 8.57. The largest absolute Gasteiger partial charge is 0.481 e. The van der Waals surface area contributed by atoms with Crippen LogP contribution in [0.4, 0.5) is 0 Å². The minimum absolute atomic E-state index is 0.0803. The zero-order valence-corrected chi connectivity index (χ0v) is 9.39. The summed E-state index contributed by atoms with van der Waals surface area (Å²) in [6, 6.07) is 0. The first-order valence-corrected chi connectivity index (χ1v) is 5.12. The van der Waals surface area contributed by atoms with Gasteiger partial charge in [-0.15, -0.1) is 11.3 Å². The molecule has 0 amide bonds. The second-order valence-corrected chi connectivity index (χ2v) is 4.59. The van der Waals surface area contributed by atoms with E-state index in [1.807, 2.05) is 25.9 Å². The molecule has 5 heteroatoms. The third-order valence-electron chi connectivity index (χ3n) is 1.70. The Balaban J connectivity index is 2.76. The number of carbonyl (C=O) groups is 1.